The van der Waals surface area contributed by atoms with Crippen LogP contribution in [0.2, 0.25) is 0 Å². The second-order valence-corrected chi connectivity index (χ2v) is 5.54. The maximum absolute atomic E-state index is 4.05. The maximum atomic E-state index is 4.05. The molecule has 2 heterocycles. The van der Waals surface area contributed by atoms with Crippen LogP contribution in [0, 0.1) is 0 Å². The van der Waals surface area contributed by atoms with Gasteiger partial charge in [0.2, 0.25) is 0 Å². The summed E-state index contributed by atoms with van der Waals surface area (Å²) < 4.78 is 1.16. The zero-order valence-corrected chi connectivity index (χ0v) is 11.3. The van der Waals surface area contributed by atoms with Gasteiger partial charge in [0.05, 0.1) is 18.3 Å². The molecule has 3 rings (SSSR count). The van der Waals surface area contributed by atoms with Gasteiger partial charge in [0.25, 0.3) is 0 Å². The number of nitrogens with zero attached hydrogens (tertiary/aromatic N) is 1. The third-order valence-corrected chi connectivity index (χ3v) is 4.54. The van der Waals surface area contributed by atoms with E-state index in [4.69, 9.17) is 0 Å². The van der Waals surface area contributed by atoms with Gasteiger partial charge in [-0.3, -0.25) is 5.10 Å². The minimum atomic E-state index is 0.822. The van der Waals surface area contributed by atoms with Crippen LogP contribution in [0.1, 0.15) is 4.88 Å². The predicted octanol–water partition coefficient (Wildman–Crippen LogP) is 4.00. The van der Waals surface area contributed by atoms with E-state index in [-0.39, 0.29) is 0 Å². The van der Waals surface area contributed by atoms with E-state index in [1.807, 2.05) is 18.3 Å². The number of H-pyrrole nitrogens is 1. The second-order valence-electron chi connectivity index (χ2n) is 3.68. The monoisotopic (exact) mass is 307 g/mol. The predicted molar refractivity (Wildman–Crippen MR) is 75.4 cm³/mol. The van der Waals surface area contributed by atoms with Crippen molar-refractivity contribution in [3.63, 3.8) is 0 Å². The normalized spacial score (nSPS) is 10.9. The van der Waals surface area contributed by atoms with Gasteiger partial charge in [-0.15, -0.1) is 11.3 Å². The van der Waals surface area contributed by atoms with E-state index < -0.39 is 0 Å². The molecule has 0 amide bonds. The summed E-state index contributed by atoms with van der Waals surface area (Å²) in [4.78, 5) is 1.30. The Morgan fingerprint density at radius 3 is 3.12 bits per heavy atom. The van der Waals surface area contributed by atoms with Crippen molar-refractivity contribution in [3.05, 3.63) is 45.2 Å². The number of anilines is 1. The third-order valence-electron chi connectivity index (χ3n) is 2.62. The molecule has 0 saturated heterocycles. The minimum Gasteiger partial charge on any atom is -0.380 e. The molecule has 0 spiro atoms. The van der Waals surface area contributed by atoms with Gasteiger partial charge in [-0.2, -0.15) is 5.10 Å². The molecule has 0 fully saturated rings. The van der Waals surface area contributed by atoms with Gasteiger partial charge in [-0.05, 0) is 39.5 Å². The lowest BCUT2D eigenvalue weighted by atomic mass is 10.2. The highest BCUT2D eigenvalue weighted by molar-refractivity contribution is 9.10. The van der Waals surface area contributed by atoms with Crippen molar-refractivity contribution in [3.8, 4) is 0 Å². The molecule has 86 valence electrons. The summed E-state index contributed by atoms with van der Waals surface area (Å²) in [5, 5.41) is 13.7. The molecule has 1 aromatic carbocycles. The van der Waals surface area contributed by atoms with E-state index in [1.54, 1.807) is 11.3 Å². The molecule has 3 nitrogen and oxygen atoms in total. The molecule has 0 aliphatic carbocycles. The summed E-state index contributed by atoms with van der Waals surface area (Å²) in [7, 11) is 0. The number of hydrogen-bond donors (Lipinski definition) is 2. The minimum absolute atomic E-state index is 0.822. The molecule has 3 aromatic rings. The molecule has 0 aliphatic heterocycles. The number of halogens is 1. The SMILES string of the molecule is Brc1ccsc1CNc1cccc2[nH]ncc12. The van der Waals surface area contributed by atoms with Crippen LogP contribution in [0.5, 0.6) is 0 Å². The van der Waals surface area contributed by atoms with Gasteiger partial charge in [0, 0.05) is 20.4 Å². The number of thiophene rings is 1. The third kappa shape index (κ3) is 2.08. The average molecular weight is 308 g/mol. The molecule has 2 aromatic heterocycles. The number of benzene rings is 1. The molecule has 0 unspecified atom stereocenters. The van der Waals surface area contributed by atoms with Gasteiger partial charge in [-0.1, -0.05) is 6.07 Å². The fourth-order valence-electron chi connectivity index (χ4n) is 1.75. The first-order chi connectivity index (χ1) is 8.34. The topological polar surface area (TPSA) is 40.7 Å². The Hall–Kier alpha value is -1.33. The maximum Gasteiger partial charge on any atom is 0.0671 e. The summed E-state index contributed by atoms with van der Waals surface area (Å²) in [6.45, 7) is 0.822. The number of hydrogen-bond acceptors (Lipinski definition) is 3. The first kappa shape index (κ1) is 10.8. The van der Waals surface area contributed by atoms with Crippen molar-refractivity contribution in [1.82, 2.24) is 10.2 Å². The van der Waals surface area contributed by atoms with Gasteiger partial charge < -0.3 is 5.32 Å². The highest BCUT2D eigenvalue weighted by Crippen LogP contribution is 2.26. The molecule has 0 atom stereocenters. The van der Waals surface area contributed by atoms with E-state index in [0.717, 1.165) is 27.6 Å². The lowest BCUT2D eigenvalue weighted by Gasteiger charge is -2.06. The quantitative estimate of drug-likeness (QED) is 0.768. The van der Waals surface area contributed by atoms with Crippen molar-refractivity contribution in [2.45, 2.75) is 6.54 Å². The van der Waals surface area contributed by atoms with Gasteiger partial charge in [0.15, 0.2) is 0 Å². The smallest absolute Gasteiger partial charge is 0.0671 e. The van der Waals surface area contributed by atoms with Crippen LogP contribution >= 0.6 is 27.3 Å². The van der Waals surface area contributed by atoms with Gasteiger partial charge >= 0.3 is 0 Å². The summed E-state index contributed by atoms with van der Waals surface area (Å²) in [6, 6.07) is 8.18. The average Bonchev–Trinajstić information content (AvgIpc) is 2.95. The van der Waals surface area contributed by atoms with E-state index >= 15 is 0 Å². The van der Waals surface area contributed by atoms with Gasteiger partial charge in [-0.25, -0.2) is 0 Å². The van der Waals surface area contributed by atoms with Crippen molar-refractivity contribution < 1.29 is 0 Å². The second kappa shape index (κ2) is 4.50. The van der Waals surface area contributed by atoms with Crippen molar-refractivity contribution >= 4 is 43.9 Å². The Morgan fingerprint density at radius 2 is 2.29 bits per heavy atom. The highest BCUT2D eigenvalue weighted by atomic mass is 79.9. The fraction of sp³-hybridized carbons (Fsp3) is 0.0833. The molecule has 17 heavy (non-hydrogen) atoms. The lowest BCUT2D eigenvalue weighted by molar-refractivity contribution is 1.12. The van der Waals surface area contributed by atoms with Crippen molar-refractivity contribution in [1.29, 1.82) is 0 Å². The van der Waals surface area contributed by atoms with E-state index in [9.17, 15) is 0 Å². The Bertz CT molecular complexity index is 644. The molecular weight excluding hydrogens is 298 g/mol. The van der Waals surface area contributed by atoms with Gasteiger partial charge in [0.1, 0.15) is 0 Å². The molecule has 5 heteroatoms. The Kier molecular flexibility index (Phi) is 2.86. The summed E-state index contributed by atoms with van der Waals surface area (Å²) in [5.74, 6) is 0. The van der Waals surface area contributed by atoms with Crippen LogP contribution in [0.4, 0.5) is 5.69 Å². The number of nitrogens with one attached hydrogen (secondary N) is 2. The highest BCUT2D eigenvalue weighted by Gasteiger charge is 2.04. The van der Waals surface area contributed by atoms with E-state index in [0.29, 0.717) is 0 Å². The summed E-state index contributed by atoms with van der Waals surface area (Å²) >= 11 is 5.28. The molecule has 0 aliphatic rings. The number of aromatic amines is 1. The largest absolute Gasteiger partial charge is 0.380 e. The molecule has 0 radical (unpaired) electrons. The van der Waals surface area contributed by atoms with Crippen LogP contribution in [-0.4, -0.2) is 10.2 Å². The molecular formula is C12H10BrN3S. The summed E-state index contributed by atoms with van der Waals surface area (Å²) in [5.41, 5.74) is 2.16. The zero-order valence-electron chi connectivity index (χ0n) is 8.90. The molecule has 0 saturated carbocycles. The Balaban J connectivity index is 1.86. The first-order valence-electron chi connectivity index (χ1n) is 5.22. The Morgan fingerprint density at radius 1 is 1.35 bits per heavy atom. The Labute approximate surface area is 111 Å². The van der Waals surface area contributed by atoms with Crippen LogP contribution in [0.25, 0.3) is 10.9 Å². The lowest BCUT2D eigenvalue weighted by Crippen LogP contribution is -1.98. The van der Waals surface area contributed by atoms with E-state index in [2.05, 4.69) is 49.0 Å². The fourth-order valence-corrected chi connectivity index (χ4v) is 3.18. The van der Waals surface area contributed by atoms with Crippen LogP contribution in [-0.2, 0) is 6.54 Å². The number of fused-ring (bicyclic) bond motifs is 1. The zero-order chi connectivity index (χ0) is 11.7. The summed E-state index contributed by atoms with van der Waals surface area (Å²) in [6.07, 6.45) is 1.85. The standard InChI is InChI=1S/C12H10BrN3S/c13-9-4-5-17-12(9)7-14-10-2-1-3-11-8(10)6-15-16-11/h1-6,14H,7H2,(H,15,16). The van der Waals surface area contributed by atoms with Crippen molar-refractivity contribution in [2.75, 3.05) is 5.32 Å². The van der Waals surface area contributed by atoms with E-state index in [1.165, 1.54) is 4.88 Å². The van der Waals surface area contributed by atoms with Crippen LogP contribution < -0.4 is 5.32 Å². The molecule has 0 bridgehead atoms. The van der Waals surface area contributed by atoms with Crippen LogP contribution in [0.15, 0.2) is 40.3 Å². The number of rotatable bonds is 3. The van der Waals surface area contributed by atoms with Crippen molar-refractivity contribution in [2.24, 2.45) is 0 Å². The van der Waals surface area contributed by atoms with Crippen LogP contribution in [0.3, 0.4) is 0 Å². The number of aromatic nitrogens is 2. The molecule has 2 N–H and O–H groups in total. The first-order valence-corrected chi connectivity index (χ1v) is 6.90.